The van der Waals surface area contributed by atoms with Crippen molar-refractivity contribution in [1.29, 1.82) is 0 Å². The van der Waals surface area contributed by atoms with Crippen LogP contribution in [-0.4, -0.2) is 87.3 Å². The van der Waals surface area contributed by atoms with Crippen molar-refractivity contribution in [1.82, 2.24) is 10.3 Å². The Morgan fingerprint density at radius 3 is 1.61 bits per heavy atom. The zero-order chi connectivity index (χ0) is 29.9. The molecule has 2 atom stereocenters. The topological polar surface area (TPSA) is 59.8 Å². The van der Waals surface area contributed by atoms with Gasteiger partial charge in [0.15, 0.2) is 0 Å². The van der Waals surface area contributed by atoms with Gasteiger partial charge in [-0.2, -0.15) is 5.43 Å². The molecule has 1 aliphatic heterocycles. The Balaban J connectivity index is 2.27. The third kappa shape index (κ3) is 22.0. The second-order valence-corrected chi connectivity index (χ2v) is 13.1. The van der Waals surface area contributed by atoms with Crippen LogP contribution in [0.25, 0.3) is 0 Å². The average molecular weight is 584 g/mol. The number of unbranched alkanes of at least 4 members (excludes halogenated alkanes) is 14. The molecule has 2 unspecified atom stereocenters. The van der Waals surface area contributed by atoms with Gasteiger partial charge >= 0.3 is 0 Å². The minimum Gasteiger partial charge on any atom is -0.377 e. The van der Waals surface area contributed by atoms with Crippen molar-refractivity contribution in [2.75, 3.05) is 65.6 Å². The van der Waals surface area contributed by atoms with Crippen molar-refractivity contribution in [3.63, 3.8) is 0 Å². The molecule has 1 rings (SSSR count). The van der Waals surface area contributed by atoms with Gasteiger partial charge in [-0.1, -0.05) is 117 Å². The fourth-order valence-corrected chi connectivity index (χ4v) is 6.16. The van der Waals surface area contributed by atoms with Crippen LogP contribution in [0.4, 0.5) is 0 Å². The van der Waals surface area contributed by atoms with E-state index in [2.05, 4.69) is 38.0 Å². The first-order valence-electron chi connectivity index (χ1n) is 18.3. The van der Waals surface area contributed by atoms with Gasteiger partial charge in [-0.05, 0) is 46.2 Å². The van der Waals surface area contributed by atoms with E-state index in [1.54, 1.807) is 0 Å². The molecule has 1 fully saturated rings. The molecule has 246 valence electrons. The molecular formula is C35H75N4O2+. The van der Waals surface area contributed by atoms with Crippen LogP contribution < -0.4 is 11.2 Å². The summed E-state index contributed by atoms with van der Waals surface area (Å²) in [6, 6.07) is 0. The molecule has 0 saturated carbocycles. The molecule has 0 aromatic carbocycles. The summed E-state index contributed by atoms with van der Waals surface area (Å²) in [6.45, 7) is 19.1. The van der Waals surface area contributed by atoms with Crippen LogP contribution in [0.5, 0.6) is 0 Å². The fraction of sp³-hybridized carbons (Fsp3) is 1.00. The SMILES string of the molecule is CCCCCCCCCCC(C)OCCN[N+]1(CCOC(C)CCCCCCCCCC)CCN(CCCN)CC1. The lowest BCUT2D eigenvalue weighted by molar-refractivity contribution is -0.973. The summed E-state index contributed by atoms with van der Waals surface area (Å²) in [5.74, 6) is 0. The smallest absolute Gasteiger partial charge is 0.120 e. The largest absolute Gasteiger partial charge is 0.377 e. The highest BCUT2D eigenvalue weighted by molar-refractivity contribution is 4.64. The first-order chi connectivity index (χ1) is 20.0. The molecule has 0 aromatic rings. The van der Waals surface area contributed by atoms with Gasteiger partial charge in [-0.15, -0.1) is 0 Å². The van der Waals surface area contributed by atoms with Crippen molar-refractivity contribution in [2.45, 2.75) is 162 Å². The summed E-state index contributed by atoms with van der Waals surface area (Å²) in [4.78, 5) is 2.58. The summed E-state index contributed by atoms with van der Waals surface area (Å²) in [5, 5.41) is 0. The van der Waals surface area contributed by atoms with E-state index >= 15 is 0 Å². The maximum atomic E-state index is 6.34. The molecule has 1 heterocycles. The average Bonchev–Trinajstić information content (AvgIpc) is 2.98. The predicted octanol–water partition coefficient (Wildman–Crippen LogP) is 7.84. The second-order valence-electron chi connectivity index (χ2n) is 13.1. The van der Waals surface area contributed by atoms with E-state index in [1.165, 1.54) is 116 Å². The minimum absolute atomic E-state index is 0.360. The van der Waals surface area contributed by atoms with E-state index in [0.29, 0.717) is 12.2 Å². The summed E-state index contributed by atoms with van der Waals surface area (Å²) in [5.41, 5.74) is 9.67. The number of rotatable bonds is 30. The molecule has 6 heteroatoms. The number of hydrogen-bond acceptors (Lipinski definition) is 5. The molecule has 0 bridgehead atoms. The fourth-order valence-electron chi connectivity index (χ4n) is 6.16. The molecule has 0 spiro atoms. The van der Waals surface area contributed by atoms with E-state index in [0.717, 1.165) is 76.6 Å². The molecule has 41 heavy (non-hydrogen) atoms. The number of ether oxygens (including phenoxy) is 2. The predicted molar refractivity (Wildman–Crippen MR) is 178 cm³/mol. The number of nitrogens with two attached hydrogens (primary N) is 1. The number of hydrogen-bond donors (Lipinski definition) is 2. The first kappa shape index (κ1) is 38.8. The van der Waals surface area contributed by atoms with Crippen molar-refractivity contribution in [3.8, 4) is 0 Å². The lowest BCUT2D eigenvalue weighted by Crippen LogP contribution is -2.67. The molecule has 1 saturated heterocycles. The zero-order valence-corrected chi connectivity index (χ0v) is 28.4. The van der Waals surface area contributed by atoms with Gasteiger partial charge in [0.05, 0.1) is 32.0 Å². The van der Waals surface area contributed by atoms with Gasteiger partial charge in [0.1, 0.15) is 19.6 Å². The Kier molecular flexibility index (Phi) is 25.8. The molecule has 0 amide bonds. The van der Waals surface area contributed by atoms with E-state index in [4.69, 9.17) is 15.2 Å². The number of quaternary nitrogens is 1. The molecule has 6 nitrogen and oxygen atoms in total. The van der Waals surface area contributed by atoms with Gasteiger partial charge in [-0.3, -0.25) is 4.90 Å². The maximum absolute atomic E-state index is 6.34. The van der Waals surface area contributed by atoms with E-state index < -0.39 is 0 Å². The summed E-state index contributed by atoms with van der Waals surface area (Å²) in [6.07, 6.45) is 26.3. The van der Waals surface area contributed by atoms with Crippen LogP contribution in [0, 0.1) is 0 Å². The van der Waals surface area contributed by atoms with E-state index in [-0.39, 0.29) is 0 Å². The Morgan fingerprint density at radius 1 is 0.659 bits per heavy atom. The van der Waals surface area contributed by atoms with Gasteiger partial charge < -0.3 is 15.2 Å². The Bertz CT molecular complexity index is 542. The van der Waals surface area contributed by atoms with Crippen molar-refractivity contribution in [3.05, 3.63) is 0 Å². The Morgan fingerprint density at radius 2 is 1.12 bits per heavy atom. The van der Waals surface area contributed by atoms with Crippen LogP contribution in [0.15, 0.2) is 0 Å². The number of piperazine rings is 1. The molecule has 0 radical (unpaired) electrons. The van der Waals surface area contributed by atoms with Gasteiger partial charge in [-0.25, -0.2) is 4.59 Å². The third-order valence-corrected chi connectivity index (χ3v) is 9.17. The standard InChI is InChI=1S/C35H75N4O2/c1-5-7-9-11-13-15-17-19-22-34(3)40-32-25-37-39(29-27-38(28-30-39)26-21-24-36)31-33-41-35(4)23-20-18-16-14-12-10-8-6-2/h34-35,37H,5-33,36H2,1-4H3/q+1. The van der Waals surface area contributed by atoms with Crippen LogP contribution in [0.2, 0.25) is 0 Å². The molecular weight excluding hydrogens is 508 g/mol. The third-order valence-electron chi connectivity index (χ3n) is 9.17. The van der Waals surface area contributed by atoms with Crippen LogP contribution in [0.1, 0.15) is 150 Å². The monoisotopic (exact) mass is 584 g/mol. The highest BCUT2D eigenvalue weighted by atomic mass is 16.5. The summed E-state index contributed by atoms with van der Waals surface area (Å²) >= 11 is 0. The summed E-state index contributed by atoms with van der Waals surface area (Å²) < 4.78 is 13.5. The molecule has 0 aliphatic carbocycles. The van der Waals surface area contributed by atoms with Crippen molar-refractivity contribution < 1.29 is 14.1 Å². The first-order valence-corrected chi connectivity index (χ1v) is 18.3. The second kappa shape index (κ2) is 27.3. The molecule has 3 N–H and O–H groups in total. The van der Waals surface area contributed by atoms with Crippen molar-refractivity contribution in [2.24, 2.45) is 5.73 Å². The molecule has 0 aromatic heterocycles. The number of nitrogens with one attached hydrogen (secondary N) is 1. The van der Waals surface area contributed by atoms with Gasteiger partial charge in [0.25, 0.3) is 0 Å². The quantitative estimate of drug-likeness (QED) is 0.0666. The Hall–Kier alpha value is -0.240. The lowest BCUT2D eigenvalue weighted by atomic mass is 10.1. The Labute approximate surface area is 257 Å². The van der Waals surface area contributed by atoms with Gasteiger partial charge in [0.2, 0.25) is 0 Å². The van der Waals surface area contributed by atoms with Crippen molar-refractivity contribution >= 4 is 0 Å². The number of nitrogens with zero attached hydrogens (tertiary/aromatic N) is 2. The van der Waals surface area contributed by atoms with E-state index in [1.807, 2.05) is 0 Å². The highest BCUT2D eigenvalue weighted by Crippen LogP contribution is 2.15. The maximum Gasteiger partial charge on any atom is 0.120 e. The van der Waals surface area contributed by atoms with Crippen LogP contribution in [0.3, 0.4) is 0 Å². The summed E-state index contributed by atoms with van der Waals surface area (Å²) in [7, 11) is 0. The normalized spacial score (nSPS) is 17.2. The van der Waals surface area contributed by atoms with Gasteiger partial charge in [0, 0.05) is 13.1 Å². The van der Waals surface area contributed by atoms with Crippen LogP contribution in [-0.2, 0) is 9.47 Å². The minimum atomic E-state index is 0.360. The van der Waals surface area contributed by atoms with Crippen LogP contribution >= 0.6 is 0 Å². The lowest BCUT2D eigenvalue weighted by Gasteiger charge is -2.44. The molecule has 1 aliphatic rings. The van der Waals surface area contributed by atoms with E-state index in [9.17, 15) is 0 Å². The highest BCUT2D eigenvalue weighted by Gasteiger charge is 2.33. The zero-order valence-electron chi connectivity index (χ0n) is 28.4.